The SMILES string of the molecule is CCNc1cc(NC(C)(C)C(=O)OC)nc(C)n1. The summed E-state index contributed by atoms with van der Waals surface area (Å²) in [5, 5.41) is 6.15. The van der Waals surface area contributed by atoms with Crippen LogP contribution < -0.4 is 10.6 Å². The van der Waals surface area contributed by atoms with Crippen LogP contribution in [0.4, 0.5) is 11.6 Å². The van der Waals surface area contributed by atoms with Crippen LogP contribution in [0, 0.1) is 6.92 Å². The maximum atomic E-state index is 11.6. The third-order valence-corrected chi connectivity index (χ3v) is 2.33. The zero-order valence-corrected chi connectivity index (χ0v) is 11.5. The maximum absolute atomic E-state index is 11.6. The van der Waals surface area contributed by atoms with Crippen molar-refractivity contribution >= 4 is 17.6 Å². The van der Waals surface area contributed by atoms with Crippen LogP contribution in [0.5, 0.6) is 0 Å². The molecule has 0 aliphatic carbocycles. The number of aromatic nitrogens is 2. The molecule has 0 fully saturated rings. The Bertz CT molecular complexity index is 432. The predicted octanol–water partition coefficient (Wildman–Crippen LogP) is 1.58. The van der Waals surface area contributed by atoms with E-state index in [4.69, 9.17) is 4.74 Å². The average Bonchev–Trinajstić information content (AvgIpc) is 2.26. The van der Waals surface area contributed by atoms with Gasteiger partial charge in [0.1, 0.15) is 23.0 Å². The molecule has 1 rings (SSSR count). The third-order valence-electron chi connectivity index (χ3n) is 2.33. The molecule has 0 saturated heterocycles. The highest BCUT2D eigenvalue weighted by atomic mass is 16.5. The fraction of sp³-hybridized carbons (Fsp3) is 0.583. The van der Waals surface area contributed by atoms with Crippen LogP contribution in [0.15, 0.2) is 6.07 Å². The van der Waals surface area contributed by atoms with Crippen LogP contribution in [-0.4, -0.2) is 35.1 Å². The minimum absolute atomic E-state index is 0.344. The van der Waals surface area contributed by atoms with Crippen molar-refractivity contribution in [2.24, 2.45) is 0 Å². The second-order valence-electron chi connectivity index (χ2n) is 4.46. The second kappa shape index (κ2) is 5.66. The Balaban J connectivity index is 2.93. The Kier molecular flexibility index (Phi) is 4.47. The summed E-state index contributed by atoms with van der Waals surface area (Å²) in [6, 6.07) is 1.77. The molecular formula is C12H20N4O2. The van der Waals surface area contributed by atoms with Crippen molar-refractivity contribution in [3.63, 3.8) is 0 Å². The molecule has 0 aliphatic heterocycles. The van der Waals surface area contributed by atoms with E-state index in [1.807, 2.05) is 6.92 Å². The molecule has 1 aromatic heterocycles. The number of rotatable bonds is 5. The molecule has 6 heteroatoms. The summed E-state index contributed by atoms with van der Waals surface area (Å²) in [5.41, 5.74) is -0.834. The van der Waals surface area contributed by atoms with E-state index < -0.39 is 5.54 Å². The zero-order valence-electron chi connectivity index (χ0n) is 11.5. The summed E-state index contributed by atoms with van der Waals surface area (Å²) in [5.74, 6) is 1.61. The van der Waals surface area contributed by atoms with E-state index in [0.717, 1.165) is 12.4 Å². The monoisotopic (exact) mass is 252 g/mol. The molecule has 0 radical (unpaired) electrons. The number of anilines is 2. The Labute approximate surface area is 107 Å². The highest BCUT2D eigenvalue weighted by Gasteiger charge is 2.29. The van der Waals surface area contributed by atoms with Gasteiger partial charge in [-0.3, -0.25) is 0 Å². The summed E-state index contributed by atoms with van der Waals surface area (Å²) >= 11 is 0. The van der Waals surface area contributed by atoms with Gasteiger partial charge in [0.2, 0.25) is 0 Å². The lowest BCUT2D eigenvalue weighted by Gasteiger charge is -2.24. The van der Waals surface area contributed by atoms with Crippen LogP contribution in [0.1, 0.15) is 26.6 Å². The Morgan fingerprint density at radius 2 is 2.00 bits per heavy atom. The first kappa shape index (κ1) is 14.2. The lowest BCUT2D eigenvalue weighted by molar-refractivity contribution is -0.144. The highest BCUT2D eigenvalue weighted by molar-refractivity contribution is 5.83. The van der Waals surface area contributed by atoms with Crippen molar-refractivity contribution in [1.29, 1.82) is 0 Å². The van der Waals surface area contributed by atoms with Crippen LogP contribution >= 0.6 is 0 Å². The molecule has 18 heavy (non-hydrogen) atoms. The van der Waals surface area contributed by atoms with Gasteiger partial charge in [-0.1, -0.05) is 0 Å². The normalized spacial score (nSPS) is 10.9. The van der Waals surface area contributed by atoms with Gasteiger partial charge in [0.25, 0.3) is 0 Å². The van der Waals surface area contributed by atoms with Crippen molar-refractivity contribution in [3.05, 3.63) is 11.9 Å². The molecule has 0 atom stereocenters. The van der Waals surface area contributed by atoms with E-state index in [0.29, 0.717) is 11.6 Å². The molecule has 0 bridgehead atoms. The molecule has 0 aliphatic rings. The second-order valence-corrected chi connectivity index (χ2v) is 4.46. The number of hydrogen-bond acceptors (Lipinski definition) is 6. The fourth-order valence-corrected chi connectivity index (χ4v) is 1.53. The number of nitrogens with one attached hydrogen (secondary N) is 2. The highest BCUT2D eigenvalue weighted by Crippen LogP contribution is 2.17. The maximum Gasteiger partial charge on any atom is 0.330 e. The number of aryl methyl sites for hydroxylation is 1. The van der Waals surface area contributed by atoms with Crippen molar-refractivity contribution in [3.8, 4) is 0 Å². The van der Waals surface area contributed by atoms with Gasteiger partial charge in [-0.05, 0) is 27.7 Å². The molecule has 0 spiro atoms. The van der Waals surface area contributed by atoms with E-state index in [1.165, 1.54) is 7.11 Å². The van der Waals surface area contributed by atoms with Crippen LogP contribution in [0.3, 0.4) is 0 Å². The summed E-state index contributed by atoms with van der Waals surface area (Å²) < 4.78 is 4.73. The summed E-state index contributed by atoms with van der Waals surface area (Å²) in [6.07, 6.45) is 0. The van der Waals surface area contributed by atoms with Gasteiger partial charge in [-0.25, -0.2) is 14.8 Å². The first-order valence-corrected chi connectivity index (χ1v) is 5.85. The fourth-order valence-electron chi connectivity index (χ4n) is 1.53. The molecule has 0 saturated carbocycles. The number of nitrogens with zero attached hydrogens (tertiary/aromatic N) is 2. The Morgan fingerprint density at radius 3 is 2.56 bits per heavy atom. The molecular weight excluding hydrogens is 232 g/mol. The first-order valence-electron chi connectivity index (χ1n) is 5.85. The van der Waals surface area contributed by atoms with Crippen LogP contribution in [-0.2, 0) is 9.53 Å². The summed E-state index contributed by atoms with van der Waals surface area (Å²) in [4.78, 5) is 20.1. The van der Waals surface area contributed by atoms with E-state index >= 15 is 0 Å². The number of hydrogen-bond donors (Lipinski definition) is 2. The van der Waals surface area contributed by atoms with Crippen molar-refractivity contribution in [2.75, 3.05) is 24.3 Å². The number of methoxy groups -OCH3 is 1. The van der Waals surface area contributed by atoms with Crippen molar-refractivity contribution in [2.45, 2.75) is 33.2 Å². The van der Waals surface area contributed by atoms with Gasteiger partial charge in [-0.15, -0.1) is 0 Å². The molecule has 6 nitrogen and oxygen atoms in total. The molecule has 0 amide bonds. The number of esters is 1. The van der Waals surface area contributed by atoms with Crippen molar-refractivity contribution in [1.82, 2.24) is 9.97 Å². The van der Waals surface area contributed by atoms with E-state index in [9.17, 15) is 4.79 Å². The Hall–Kier alpha value is -1.85. The molecule has 100 valence electrons. The first-order chi connectivity index (χ1) is 8.39. The van der Waals surface area contributed by atoms with E-state index in [-0.39, 0.29) is 5.97 Å². The topological polar surface area (TPSA) is 76.1 Å². The van der Waals surface area contributed by atoms with Gasteiger partial charge in [0.05, 0.1) is 7.11 Å². The Morgan fingerprint density at radius 1 is 1.39 bits per heavy atom. The number of ether oxygens (including phenoxy) is 1. The quantitative estimate of drug-likeness (QED) is 0.775. The van der Waals surface area contributed by atoms with Crippen LogP contribution in [0.25, 0.3) is 0 Å². The molecule has 1 heterocycles. The van der Waals surface area contributed by atoms with E-state index in [2.05, 4.69) is 20.6 Å². The van der Waals surface area contributed by atoms with Gasteiger partial charge in [0, 0.05) is 12.6 Å². The van der Waals surface area contributed by atoms with Gasteiger partial charge < -0.3 is 15.4 Å². The zero-order chi connectivity index (χ0) is 13.8. The average molecular weight is 252 g/mol. The van der Waals surface area contributed by atoms with Gasteiger partial charge >= 0.3 is 5.97 Å². The third kappa shape index (κ3) is 3.58. The summed E-state index contributed by atoms with van der Waals surface area (Å²) in [6.45, 7) is 8.04. The minimum Gasteiger partial charge on any atom is -0.467 e. The van der Waals surface area contributed by atoms with E-state index in [1.54, 1.807) is 26.8 Å². The minimum atomic E-state index is -0.834. The van der Waals surface area contributed by atoms with Gasteiger partial charge in [-0.2, -0.15) is 0 Å². The molecule has 2 N–H and O–H groups in total. The smallest absolute Gasteiger partial charge is 0.330 e. The standard InChI is InChI=1S/C12H20N4O2/c1-6-13-9-7-10(15-8(2)14-9)16-12(3,4)11(17)18-5/h7H,6H2,1-5H3,(H2,13,14,15,16). The lowest BCUT2D eigenvalue weighted by Crippen LogP contribution is -2.41. The largest absolute Gasteiger partial charge is 0.467 e. The lowest BCUT2D eigenvalue weighted by atomic mass is 10.1. The number of carbonyl (C=O) groups excluding carboxylic acids is 1. The molecule has 0 unspecified atom stereocenters. The number of carbonyl (C=O) groups is 1. The molecule has 0 aromatic carbocycles. The predicted molar refractivity (Wildman–Crippen MR) is 70.7 cm³/mol. The summed E-state index contributed by atoms with van der Waals surface area (Å²) in [7, 11) is 1.36. The van der Waals surface area contributed by atoms with Gasteiger partial charge in [0.15, 0.2) is 0 Å². The molecule has 1 aromatic rings. The van der Waals surface area contributed by atoms with Crippen LogP contribution in [0.2, 0.25) is 0 Å². The van der Waals surface area contributed by atoms with Crippen molar-refractivity contribution < 1.29 is 9.53 Å².